The molecule has 5 nitrogen and oxygen atoms in total. The number of hydrogen-bond donors (Lipinski definition) is 1. The van der Waals surface area contributed by atoms with E-state index in [2.05, 4.69) is 27.5 Å². The largest absolute Gasteiger partial charge is 0.378 e. The van der Waals surface area contributed by atoms with Gasteiger partial charge in [0.2, 0.25) is 10.0 Å². The van der Waals surface area contributed by atoms with Crippen LogP contribution in [0.5, 0.6) is 0 Å². The Morgan fingerprint density at radius 3 is 2.60 bits per heavy atom. The summed E-state index contributed by atoms with van der Waals surface area (Å²) >= 11 is 2.32. The number of sulfonamides is 1. The molecule has 0 radical (unpaired) electrons. The quantitative estimate of drug-likeness (QED) is 0.435. The number of hydrogen-bond acceptors (Lipinski definition) is 4. The lowest BCUT2D eigenvalue weighted by molar-refractivity contribution is -0.0598. The molecule has 2 unspecified atom stereocenters. The molecule has 0 saturated carbocycles. The first-order valence-corrected chi connectivity index (χ1v) is 7.91. The van der Waals surface area contributed by atoms with Gasteiger partial charge in [0.05, 0.1) is 29.1 Å². The van der Waals surface area contributed by atoms with Crippen molar-refractivity contribution in [2.24, 2.45) is 11.1 Å². The second-order valence-corrected chi connectivity index (χ2v) is 7.12. The minimum atomic E-state index is -3.34. The van der Waals surface area contributed by atoms with Crippen molar-refractivity contribution in [1.82, 2.24) is 4.90 Å². The number of nitrogens with zero attached hydrogens (tertiary/aromatic N) is 1. The lowest BCUT2D eigenvalue weighted by Crippen LogP contribution is -2.50. The summed E-state index contributed by atoms with van der Waals surface area (Å²) in [6, 6.07) is 0.484. The Morgan fingerprint density at radius 1 is 1.47 bits per heavy atom. The Morgan fingerprint density at radius 2 is 2.13 bits per heavy atom. The smallest absolute Gasteiger partial charge is 0.209 e. The first kappa shape index (κ1) is 12.0. The zero-order chi connectivity index (χ0) is 11.1. The van der Waals surface area contributed by atoms with E-state index in [-0.39, 0.29) is 15.7 Å². The van der Waals surface area contributed by atoms with Crippen molar-refractivity contribution in [2.75, 3.05) is 25.5 Å². The second-order valence-electron chi connectivity index (χ2n) is 4.18. The molecule has 0 aromatic carbocycles. The van der Waals surface area contributed by atoms with Gasteiger partial charge in [0.15, 0.2) is 0 Å². The van der Waals surface area contributed by atoms with Crippen LogP contribution in [0.15, 0.2) is 0 Å². The highest BCUT2D eigenvalue weighted by molar-refractivity contribution is 14.1. The first-order chi connectivity index (χ1) is 6.97. The maximum Gasteiger partial charge on any atom is 0.209 e. The van der Waals surface area contributed by atoms with Gasteiger partial charge >= 0.3 is 0 Å². The summed E-state index contributed by atoms with van der Waals surface area (Å²) in [6.07, 6.45) is 0.917. The molecule has 88 valence electrons. The predicted octanol–water partition coefficient (Wildman–Crippen LogP) is -0.243. The molecule has 2 heterocycles. The maximum atomic E-state index is 11.0. The molecule has 0 bridgehead atoms. The van der Waals surface area contributed by atoms with Crippen molar-refractivity contribution in [1.29, 1.82) is 0 Å². The van der Waals surface area contributed by atoms with Crippen molar-refractivity contribution in [2.45, 2.75) is 16.5 Å². The molecular formula is C8H15IN2O3S. The Labute approximate surface area is 104 Å². The molecule has 7 heteroatoms. The first-order valence-electron chi connectivity index (χ1n) is 4.95. The zero-order valence-corrected chi connectivity index (χ0v) is 11.3. The van der Waals surface area contributed by atoms with Crippen molar-refractivity contribution in [3.63, 3.8) is 0 Å². The van der Waals surface area contributed by atoms with Crippen molar-refractivity contribution in [3.05, 3.63) is 0 Å². The van der Waals surface area contributed by atoms with E-state index in [0.717, 1.165) is 26.2 Å². The normalized spacial score (nSPS) is 34.3. The van der Waals surface area contributed by atoms with Gasteiger partial charge in [0, 0.05) is 12.5 Å². The van der Waals surface area contributed by atoms with E-state index >= 15 is 0 Å². The van der Waals surface area contributed by atoms with E-state index in [4.69, 9.17) is 9.88 Å². The summed E-state index contributed by atoms with van der Waals surface area (Å²) in [4.78, 5) is 2.33. The van der Waals surface area contributed by atoms with Gasteiger partial charge in [0.25, 0.3) is 0 Å². The maximum absolute atomic E-state index is 11.0. The molecule has 0 aromatic heterocycles. The van der Waals surface area contributed by atoms with Crippen LogP contribution in [-0.2, 0) is 14.8 Å². The van der Waals surface area contributed by atoms with E-state index < -0.39 is 10.0 Å². The van der Waals surface area contributed by atoms with Crippen molar-refractivity contribution >= 4 is 32.6 Å². The topological polar surface area (TPSA) is 72.6 Å². The summed E-state index contributed by atoms with van der Waals surface area (Å²) in [5.74, 6) is 0.270. The monoisotopic (exact) mass is 346 g/mol. The standard InChI is InChI=1S/C8H15IN2O3S/c9-8-6(5-15(10,12)13)1-2-11(8)7-3-14-4-7/h6-8H,1-5H2,(H2,10,12,13). The van der Waals surface area contributed by atoms with Crippen LogP contribution in [-0.4, -0.2) is 48.9 Å². The molecule has 2 fully saturated rings. The fraction of sp³-hybridized carbons (Fsp3) is 1.00. The summed E-state index contributed by atoms with van der Waals surface area (Å²) in [5.41, 5.74) is 0. The molecule has 0 aromatic rings. The van der Waals surface area contributed by atoms with Gasteiger partial charge < -0.3 is 4.74 Å². The fourth-order valence-corrected chi connectivity index (χ4v) is 4.74. The van der Waals surface area contributed by atoms with Gasteiger partial charge in [-0.25, -0.2) is 13.6 Å². The third-order valence-electron chi connectivity index (χ3n) is 3.00. The minimum Gasteiger partial charge on any atom is -0.378 e. The average molecular weight is 346 g/mol. The van der Waals surface area contributed by atoms with Crippen LogP contribution in [0.1, 0.15) is 6.42 Å². The summed E-state index contributed by atoms with van der Waals surface area (Å²) in [6.45, 7) is 2.52. The number of likely N-dealkylation sites (tertiary alicyclic amines) is 1. The second kappa shape index (κ2) is 4.44. The number of halogens is 1. The van der Waals surface area contributed by atoms with Crippen molar-refractivity contribution in [3.8, 4) is 0 Å². The number of ether oxygens (including phenoxy) is 1. The van der Waals surface area contributed by atoms with Crippen LogP contribution in [0.2, 0.25) is 0 Å². The van der Waals surface area contributed by atoms with Gasteiger partial charge in [-0.3, -0.25) is 4.90 Å². The Hall–Kier alpha value is 0.560. The Balaban J connectivity index is 1.94. The van der Waals surface area contributed by atoms with Gasteiger partial charge in [-0.2, -0.15) is 0 Å². The summed E-state index contributed by atoms with van der Waals surface area (Å²) in [7, 11) is -3.34. The third kappa shape index (κ3) is 2.82. The van der Waals surface area contributed by atoms with Crippen LogP contribution >= 0.6 is 22.6 Å². The van der Waals surface area contributed by atoms with E-state index in [1.807, 2.05) is 0 Å². The third-order valence-corrected chi connectivity index (χ3v) is 5.63. The summed E-state index contributed by atoms with van der Waals surface area (Å²) in [5, 5.41) is 5.07. The molecule has 2 rings (SSSR count). The molecule has 2 N–H and O–H groups in total. The van der Waals surface area contributed by atoms with Crippen LogP contribution in [0.25, 0.3) is 0 Å². The number of nitrogens with two attached hydrogens (primary N) is 1. The SMILES string of the molecule is NS(=O)(=O)CC1CCN(C2COC2)C1I. The highest BCUT2D eigenvalue weighted by atomic mass is 127. The fourth-order valence-electron chi connectivity index (χ4n) is 2.11. The minimum absolute atomic E-state index is 0.102. The van der Waals surface area contributed by atoms with E-state index in [1.165, 1.54) is 0 Å². The van der Waals surface area contributed by atoms with Gasteiger partial charge in [-0.1, -0.05) is 22.6 Å². The molecule has 2 atom stereocenters. The van der Waals surface area contributed by atoms with Crippen LogP contribution in [0, 0.1) is 5.92 Å². The van der Waals surface area contributed by atoms with Crippen molar-refractivity contribution < 1.29 is 13.2 Å². The predicted molar refractivity (Wildman–Crippen MR) is 65.2 cm³/mol. The van der Waals surface area contributed by atoms with Gasteiger partial charge in [-0.15, -0.1) is 0 Å². The van der Waals surface area contributed by atoms with Gasteiger partial charge in [0.1, 0.15) is 0 Å². The molecule has 0 spiro atoms. The van der Waals surface area contributed by atoms with E-state index in [1.54, 1.807) is 0 Å². The molecule has 2 aliphatic heterocycles. The average Bonchev–Trinajstić information content (AvgIpc) is 2.30. The molecule has 0 aliphatic carbocycles. The molecular weight excluding hydrogens is 331 g/mol. The summed E-state index contributed by atoms with van der Waals surface area (Å²) < 4.78 is 27.5. The molecule has 2 aliphatic rings. The number of primary sulfonamides is 1. The molecule has 2 saturated heterocycles. The molecule has 15 heavy (non-hydrogen) atoms. The number of alkyl halides is 1. The lowest BCUT2D eigenvalue weighted by Gasteiger charge is -2.37. The van der Waals surface area contributed by atoms with E-state index in [9.17, 15) is 8.42 Å². The highest BCUT2D eigenvalue weighted by Gasteiger charge is 2.40. The Bertz CT molecular complexity index is 331. The lowest BCUT2D eigenvalue weighted by atomic mass is 10.1. The highest BCUT2D eigenvalue weighted by Crippen LogP contribution is 2.33. The molecule has 0 amide bonds. The Kier molecular flexibility index (Phi) is 3.56. The number of rotatable bonds is 3. The van der Waals surface area contributed by atoms with Crippen LogP contribution in [0.3, 0.4) is 0 Å². The van der Waals surface area contributed by atoms with Gasteiger partial charge in [-0.05, 0) is 6.42 Å². The van der Waals surface area contributed by atoms with E-state index in [0.29, 0.717) is 6.04 Å². The zero-order valence-electron chi connectivity index (χ0n) is 8.30. The van der Waals surface area contributed by atoms with Crippen LogP contribution in [0.4, 0.5) is 0 Å². The van der Waals surface area contributed by atoms with Crippen LogP contribution < -0.4 is 5.14 Å².